The van der Waals surface area contributed by atoms with Crippen LogP contribution in [0.2, 0.25) is 0 Å². The van der Waals surface area contributed by atoms with Crippen molar-refractivity contribution in [3.8, 4) is 0 Å². The highest BCUT2D eigenvalue weighted by Gasteiger charge is 2.30. The topological polar surface area (TPSA) is 38.8 Å². The highest BCUT2D eigenvalue weighted by atomic mass is 32.2. The number of aryl methyl sites for hydroxylation is 1. The van der Waals surface area contributed by atoms with E-state index in [9.17, 15) is 9.18 Å². The average molecular weight is 413 g/mol. The first-order valence-corrected chi connectivity index (χ1v) is 10.6. The van der Waals surface area contributed by atoms with Gasteiger partial charge in [-0.1, -0.05) is 29.8 Å². The standard InChI is InChI=1S/C22H25FN4OS/c1-16-3-5-18(6-4-16)14-26-15-21(29-24-26)25-11-12-27(17(2)13-25)22(28)19-7-9-20(23)10-8-19/h3-10,15,17,24H,11-14H2,1-2H3. The molecular weight excluding hydrogens is 387 g/mol. The second-order valence-corrected chi connectivity index (χ2v) is 8.38. The zero-order chi connectivity index (χ0) is 20.4. The summed E-state index contributed by atoms with van der Waals surface area (Å²) in [5.74, 6) is -0.364. The fraction of sp³-hybridized carbons (Fsp3) is 0.318. The number of nitrogens with one attached hydrogen (secondary N) is 1. The molecule has 2 aromatic rings. The number of benzene rings is 2. The molecule has 5 nitrogen and oxygen atoms in total. The number of piperazine rings is 1. The lowest BCUT2D eigenvalue weighted by Gasteiger charge is -2.40. The summed E-state index contributed by atoms with van der Waals surface area (Å²) in [5.41, 5.74) is 3.05. The van der Waals surface area contributed by atoms with E-state index in [1.54, 1.807) is 24.1 Å². The van der Waals surface area contributed by atoms with Crippen LogP contribution in [0.1, 0.15) is 28.4 Å². The number of halogens is 1. The summed E-state index contributed by atoms with van der Waals surface area (Å²) in [6.45, 7) is 7.14. The molecule has 2 aliphatic rings. The van der Waals surface area contributed by atoms with Crippen molar-refractivity contribution in [3.05, 3.63) is 82.3 Å². The summed E-state index contributed by atoms with van der Waals surface area (Å²) in [4.78, 5) is 20.3. The Hall–Kier alpha value is -2.51. The van der Waals surface area contributed by atoms with Crippen LogP contribution in [-0.4, -0.2) is 46.4 Å². The van der Waals surface area contributed by atoms with E-state index in [2.05, 4.69) is 59.1 Å². The molecule has 1 unspecified atom stereocenters. The molecule has 0 aliphatic carbocycles. The van der Waals surface area contributed by atoms with Gasteiger partial charge in [-0.15, -0.1) is 0 Å². The zero-order valence-electron chi connectivity index (χ0n) is 16.6. The molecule has 29 heavy (non-hydrogen) atoms. The van der Waals surface area contributed by atoms with Crippen molar-refractivity contribution in [2.75, 3.05) is 19.6 Å². The minimum Gasteiger partial charge on any atom is -0.360 e. The molecule has 2 aliphatic heterocycles. The van der Waals surface area contributed by atoms with Crippen LogP contribution in [0.5, 0.6) is 0 Å². The van der Waals surface area contributed by atoms with Crippen molar-refractivity contribution in [3.63, 3.8) is 0 Å². The maximum atomic E-state index is 13.1. The van der Waals surface area contributed by atoms with Gasteiger partial charge in [0.25, 0.3) is 5.91 Å². The molecule has 7 heteroatoms. The summed E-state index contributed by atoms with van der Waals surface area (Å²) in [7, 11) is 0. The van der Waals surface area contributed by atoms with Gasteiger partial charge in [-0.2, -0.15) is 4.83 Å². The molecule has 0 radical (unpaired) electrons. The number of amides is 1. The minimum absolute atomic E-state index is 0.0377. The molecule has 2 heterocycles. The third-order valence-electron chi connectivity index (χ3n) is 5.30. The van der Waals surface area contributed by atoms with Gasteiger partial charge in [-0.3, -0.25) is 9.80 Å². The molecule has 0 aromatic heterocycles. The van der Waals surface area contributed by atoms with Crippen LogP contribution in [0.25, 0.3) is 0 Å². The Bertz CT molecular complexity index is 900. The molecule has 152 valence electrons. The summed E-state index contributed by atoms with van der Waals surface area (Å²) < 4.78 is 13.1. The van der Waals surface area contributed by atoms with E-state index in [0.717, 1.165) is 24.7 Å². The van der Waals surface area contributed by atoms with Crippen molar-refractivity contribution in [1.82, 2.24) is 19.6 Å². The van der Waals surface area contributed by atoms with Crippen molar-refractivity contribution >= 4 is 17.9 Å². The maximum Gasteiger partial charge on any atom is 0.254 e. The first kappa shape index (κ1) is 19.8. The van der Waals surface area contributed by atoms with E-state index in [1.165, 1.54) is 23.3 Å². The maximum absolute atomic E-state index is 13.1. The largest absolute Gasteiger partial charge is 0.360 e. The molecule has 1 N–H and O–H groups in total. The van der Waals surface area contributed by atoms with Crippen LogP contribution >= 0.6 is 11.9 Å². The predicted molar refractivity (Wildman–Crippen MR) is 114 cm³/mol. The number of carbonyl (C=O) groups is 1. The molecule has 1 atom stereocenters. The van der Waals surface area contributed by atoms with Crippen LogP contribution in [0.4, 0.5) is 4.39 Å². The molecule has 0 spiro atoms. The van der Waals surface area contributed by atoms with Gasteiger partial charge < -0.3 is 9.80 Å². The Labute approximate surface area is 175 Å². The first-order chi connectivity index (χ1) is 14.0. The van der Waals surface area contributed by atoms with E-state index in [0.29, 0.717) is 12.1 Å². The van der Waals surface area contributed by atoms with Gasteiger partial charge in [0.05, 0.1) is 6.54 Å². The second kappa shape index (κ2) is 8.47. The molecule has 0 bridgehead atoms. The monoisotopic (exact) mass is 412 g/mol. The van der Waals surface area contributed by atoms with Crippen LogP contribution in [0.15, 0.2) is 59.8 Å². The number of hydrazine groups is 1. The fourth-order valence-electron chi connectivity index (χ4n) is 3.62. The minimum atomic E-state index is -0.327. The predicted octanol–water partition coefficient (Wildman–Crippen LogP) is 3.75. The number of hydrogen-bond acceptors (Lipinski definition) is 5. The molecule has 4 rings (SSSR count). The molecule has 1 fully saturated rings. The highest BCUT2D eigenvalue weighted by molar-refractivity contribution is 8.01. The first-order valence-electron chi connectivity index (χ1n) is 9.77. The quantitative estimate of drug-likeness (QED) is 0.775. The SMILES string of the molecule is Cc1ccc(CN2C=C(N3CCN(C(=O)c4ccc(F)cc4)C(C)C3)SN2)cc1. The third-order valence-corrected chi connectivity index (χ3v) is 6.20. The van der Waals surface area contributed by atoms with E-state index >= 15 is 0 Å². The smallest absolute Gasteiger partial charge is 0.254 e. The Morgan fingerprint density at radius 1 is 1.14 bits per heavy atom. The summed E-state index contributed by atoms with van der Waals surface area (Å²) in [6.07, 6.45) is 2.13. The van der Waals surface area contributed by atoms with Crippen molar-refractivity contribution in [2.24, 2.45) is 0 Å². The van der Waals surface area contributed by atoms with Gasteiger partial charge >= 0.3 is 0 Å². The second-order valence-electron chi connectivity index (χ2n) is 7.57. The van der Waals surface area contributed by atoms with Gasteiger partial charge in [-0.05, 0) is 55.6 Å². The zero-order valence-corrected chi connectivity index (χ0v) is 17.5. The van der Waals surface area contributed by atoms with Crippen LogP contribution in [0, 0.1) is 12.7 Å². The van der Waals surface area contributed by atoms with Crippen LogP contribution in [-0.2, 0) is 6.54 Å². The fourth-order valence-corrected chi connectivity index (χ4v) is 4.43. The highest BCUT2D eigenvalue weighted by Crippen LogP contribution is 2.28. The lowest BCUT2D eigenvalue weighted by molar-refractivity contribution is 0.0553. The van der Waals surface area contributed by atoms with Gasteiger partial charge in [-0.25, -0.2) is 4.39 Å². The molecule has 0 saturated carbocycles. The van der Waals surface area contributed by atoms with Gasteiger partial charge in [0.15, 0.2) is 0 Å². The van der Waals surface area contributed by atoms with E-state index < -0.39 is 0 Å². The Kier molecular flexibility index (Phi) is 5.78. The molecule has 1 saturated heterocycles. The van der Waals surface area contributed by atoms with Gasteiger partial charge in [0, 0.05) is 37.4 Å². The lowest BCUT2D eigenvalue weighted by atomic mass is 10.1. The number of carbonyl (C=O) groups excluding carboxylic acids is 1. The number of rotatable bonds is 4. The Morgan fingerprint density at radius 3 is 2.55 bits per heavy atom. The van der Waals surface area contributed by atoms with Crippen molar-refractivity contribution in [1.29, 1.82) is 0 Å². The number of nitrogens with zero attached hydrogens (tertiary/aromatic N) is 3. The summed E-state index contributed by atoms with van der Waals surface area (Å²) in [6, 6.07) is 14.4. The summed E-state index contributed by atoms with van der Waals surface area (Å²) >= 11 is 1.61. The Balaban J connectivity index is 1.36. The normalized spacial score (nSPS) is 19.5. The number of hydrogen-bond donors (Lipinski definition) is 1. The van der Waals surface area contributed by atoms with Crippen molar-refractivity contribution < 1.29 is 9.18 Å². The lowest BCUT2D eigenvalue weighted by Crippen LogP contribution is -2.53. The van der Waals surface area contributed by atoms with Crippen molar-refractivity contribution in [2.45, 2.75) is 26.4 Å². The average Bonchev–Trinajstić information content (AvgIpc) is 3.18. The van der Waals surface area contributed by atoms with E-state index in [4.69, 9.17) is 0 Å². The third kappa shape index (κ3) is 4.57. The molecule has 2 aromatic carbocycles. The van der Waals surface area contributed by atoms with E-state index in [-0.39, 0.29) is 17.8 Å². The van der Waals surface area contributed by atoms with Crippen LogP contribution < -0.4 is 4.83 Å². The Morgan fingerprint density at radius 2 is 1.86 bits per heavy atom. The molecule has 1 amide bonds. The summed E-state index contributed by atoms with van der Waals surface area (Å²) in [5, 5.41) is 3.25. The van der Waals surface area contributed by atoms with Gasteiger partial charge in [0.1, 0.15) is 10.8 Å². The van der Waals surface area contributed by atoms with Gasteiger partial charge in [0.2, 0.25) is 0 Å². The molecular formula is C22H25FN4OS. The van der Waals surface area contributed by atoms with Crippen LogP contribution in [0.3, 0.4) is 0 Å². The van der Waals surface area contributed by atoms with E-state index in [1.807, 2.05) is 4.90 Å².